The van der Waals surface area contributed by atoms with Gasteiger partial charge in [0.05, 0.1) is 12.6 Å². The largest absolute Gasteiger partial charge is 0.481 e. The molecule has 2 fully saturated rings. The third-order valence-electron chi connectivity index (χ3n) is 6.36. The molecule has 2 aromatic rings. The average molecular weight is 470 g/mol. The van der Waals surface area contributed by atoms with Crippen molar-refractivity contribution in [2.75, 3.05) is 29.5 Å². The first kappa shape index (κ1) is 21.3. The number of carboxylic acids is 1. The van der Waals surface area contributed by atoms with Crippen molar-refractivity contribution < 1.29 is 29.0 Å². The summed E-state index contributed by atoms with van der Waals surface area (Å²) in [5, 5.41) is 10.3. The number of carbonyl (C=O) groups excluding carboxylic acids is 3. The molecule has 2 unspecified atom stereocenters. The molecule has 2 atom stereocenters. The van der Waals surface area contributed by atoms with Crippen LogP contribution in [0.4, 0.5) is 21.0 Å². The molecule has 1 aliphatic carbocycles. The van der Waals surface area contributed by atoms with E-state index in [0.29, 0.717) is 42.4 Å². The lowest BCUT2D eigenvalue weighted by Crippen LogP contribution is -2.59. The first-order chi connectivity index (χ1) is 15.9. The van der Waals surface area contributed by atoms with Crippen molar-refractivity contribution in [2.45, 2.75) is 18.9 Å². The Labute approximate surface area is 194 Å². The van der Waals surface area contributed by atoms with E-state index in [1.807, 2.05) is 6.07 Å². The number of imide groups is 1. The maximum Gasteiger partial charge on any atom is 0.414 e. The van der Waals surface area contributed by atoms with Crippen molar-refractivity contribution in [3.05, 3.63) is 58.6 Å². The minimum Gasteiger partial charge on any atom is -0.481 e. The Hall–Kier alpha value is -3.59. The van der Waals surface area contributed by atoms with Gasteiger partial charge in [0.25, 0.3) is 0 Å². The molecule has 1 N–H and O–H groups in total. The van der Waals surface area contributed by atoms with Gasteiger partial charge in [-0.3, -0.25) is 24.3 Å². The zero-order chi connectivity index (χ0) is 23.3. The molecule has 170 valence electrons. The smallest absolute Gasteiger partial charge is 0.414 e. The van der Waals surface area contributed by atoms with Gasteiger partial charge in [-0.05, 0) is 54.3 Å². The van der Waals surface area contributed by atoms with Crippen LogP contribution in [-0.4, -0.2) is 53.7 Å². The number of carbonyl (C=O) groups is 4. The van der Waals surface area contributed by atoms with E-state index in [1.54, 1.807) is 36.4 Å². The molecule has 0 aromatic heterocycles. The highest BCUT2D eigenvalue weighted by Gasteiger charge is 2.48. The van der Waals surface area contributed by atoms with Gasteiger partial charge in [-0.1, -0.05) is 23.7 Å². The monoisotopic (exact) mass is 469 g/mol. The first-order valence-corrected chi connectivity index (χ1v) is 10.9. The van der Waals surface area contributed by atoms with Gasteiger partial charge in [0.15, 0.2) is 5.92 Å². The van der Waals surface area contributed by atoms with Crippen LogP contribution in [0.25, 0.3) is 0 Å². The fourth-order valence-corrected chi connectivity index (χ4v) is 4.99. The topological polar surface area (TPSA) is 107 Å². The predicted molar refractivity (Wildman–Crippen MR) is 118 cm³/mol. The molecular formula is C23H20ClN3O6. The fourth-order valence-electron chi connectivity index (χ4n) is 4.71. The van der Waals surface area contributed by atoms with E-state index in [9.17, 15) is 24.3 Å². The number of hydrogen-bond donors (Lipinski definition) is 1. The second-order valence-electron chi connectivity index (χ2n) is 8.14. The molecule has 2 saturated heterocycles. The van der Waals surface area contributed by atoms with Crippen LogP contribution in [0.3, 0.4) is 0 Å². The van der Waals surface area contributed by atoms with Crippen LogP contribution in [0.1, 0.15) is 23.6 Å². The molecule has 0 radical (unpaired) electrons. The minimum absolute atomic E-state index is 0.274. The molecule has 3 aliphatic rings. The summed E-state index contributed by atoms with van der Waals surface area (Å²) in [5.41, 5.74) is 2.67. The van der Waals surface area contributed by atoms with E-state index >= 15 is 0 Å². The van der Waals surface area contributed by atoms with Gasteiger partial charge in [0.1, 0.15) is 6.61 Å². The van der Waals surface area contributed by atoms with E-state index in [2.05, 4.69) is 0 Å². The molecule has 5 rings (SSSR count). The highest BCUT2D eigenvalue weighted by Crippen LogP contribution is 2.41. The quantitative estimate of drug-likeness (QED) is 0.687. The summed E-state index contributed by atoms with van der Waals surface area (Å²) >= 11 is 6.30. The Bertz CT molecular complexity index is 1170. The molecule has 2 heterocycles. The zero-order valence-electron chi connectivity index (χ0n) is 17.4. The van der Waals surface area contributed by atoms with Crippen LogP contribution in [0, 0.1) is 5.92 Å². The van der Waals surface area contributed by atoms with Gasteiger partial charge >= 0.3 is 18.1 Å². The lowest BCUT2D eigenvalue weighted by molar-refractivity contribution is -0.151. The van der Waals surface area contributed by atoms with Crippen LogP contribution >= 0.6 is 11.6 Å². The Morgan fingerprint density at radius 1 is 1.03 bits per heavy atom. The number of urea groups is 1. The molecule has 2 aliphatic heterocycles. The van der Waals surface area contributed by atoms with Crippen LogP contribution in [0.5, 0.6) is 0 Å². The summed E-state index contributed by atoms with van der Waals surface area (Å²) in [5.74, 6) is -3.40. The number of fused-ring (bicyclic) bond motifs is 1. The van der Waals surface area contributed by atoms with Crippen LogP contribution in [-0.2, 0) is 20.7 Å². The molecule has 9 nitrogen and oxygen atoms in total. The molecular weight excluding hydrogens is 450 g/mol. The van der Waals surface area contributed by atoms with E-state index in [-0.39, 0.29) is 6.54 Å². The average Bonchev–Trinajstić information content (AvgIpc) is 3.41. The lowest BCUT2D eigenvalue weighted by Gasteiger charge is -2.40. The number of nitrogens with zero attached hydrogens (tertiary/aromatic N) is 3. The van der Waals surface area contributed by atoms with Gasteiger partial charge in [-0.2, -0.15) is 0 Å². The van der Waals surface area contributed by atoms with Crippen molar-refractivity contribution in [3.63, 3.8) is 0 Å². The number of benzene rings is 2. The number of anilines is 2. The van der Waals surface area contributed by atoms with E-state index in [0.717, 1.165) is 16.0 Å². The Morgan fingerprint density at radius 2 is 1.73 bits per heavy atom. The predicted octanol–water partition coefficient (Wildman–Crippen LogP) is 3.45. The Kier molecular flexibility index (Phi) is 5.20. The number of hydrogen-bond acceptors (Lipinski definition) is 5. The van der Waals surface area contributed by atoms with Crippen LogP contribution in [0.15, 0.2) is 42.5 Å². The SMILES string of the molecule is O=C(O)C1CN(c2ccc(N3CCOC3=O)cc2)C(=O)N(C2CCc3c(Cl)cccc32)C1=O. The number of amides is 4. The third-order valence-corrected chi connectivity index (χ3v) is 6.72. The molecule has 4 amide bonds. The van der Waals surface area contributed by atoms with Crippen molar-refractivity contribution in [1.29, 1.82) is 0 Å². The van der Waals surface area contributed by atoms with E-state index in [1.165, 1.54) is 9.80 Å². The van der Waals surface area contributed by atoms with Gasteiger partial charge in [0, 0.05) is 22.9 Å². The molecule has 0 bridgehead atoms. The second kappa shape index (κ2) is 8.08. The second-order valence-corrected chi connectivity index (χ2v) is 8.54. The summed E-state index contributed by atoms with van der Waals surface area (Å²) in [6.45, 7) is 0.451. The summed E-state index contributed by atoms with van der Waals surface area (Å²) in [4.78, 5) is 54.2. The fraction of sp³-hybridized carbons (Fsp3) is 0.304. The van der Waals surface area contributed by atoms with Crippen molar-refractivity contribution in [1.82, 2.24) is 4.90 Å². The summed E-state index contributed by atoms with van der Waals surface area (Å²) in [7, 11) is 0. The van der Waals surface area contributed by atoms with Gasteiger partial charge in [0.2, 0.25) is 5.91 Å². The van der Waals surface area contributed by atoms with Crippen molar-refractivity contribution in [2.24, 2.45) is 5.92 Å². The van der Waals surface area contributed by atoms with Crippen molar-refractivity contribution in [3.8, 4) is 0 Å². The molecule has 33 heavy (non-hydrogen) atoms. The number of aliphatic carboxylic acids is 1. The minimum atomic E-state index is -1.39. The zero-order valence-corrected chi connectivity index (χ0v) is 18.2. The molecule has 0 saturated carbocycles. The van der Waals surface area contributed by atoms with Gasteiger partial charge < -0.3 is 9.84 Å². The standard InChI is InChI=1S/C23H20ClN3O6/c24-18-3-1-2-16-15(18)8-9-19(16)27-20(28)17(21(29)30)12-26(22(27)31)14-6-4-13(5-7-14)25-10-11-33-23(25)32/h1-7,17,19H,8-12H2,(H,29,30). The molecule has 2 aromatic carbocycles. The summed E-state index contributed by atoms with van der Waals surface area (Å²) < 4.78 is 4.95. The Balaban J connectivity index is 1.48. The number of ether oxygens (including phenoxy) is 1. The van der Waals surface area contributed by atoms with E-state index < -0.39 is 36.0 Å². The maximum absolute atomic E-state index is 13.5. The van der Waals surface area contributed by atoms with Crippen LogP contribution < -0.4 is 9.80 Å². The normalized spacial score (nSPS) is 22.6. The summed E-state index contributed by atoms with van der Waals surface area (Å²) in [6, 6.07) is 10.8. The summed E-state index contributed by atoms with van der Waals surface area (Å²) in [6.07, 6.45) is 0.625. The molecule has 0 spiro atoms. The number of rotatable bonds is 4. The number of carboxylic acid groups (broad SMARTS) is 1. The van der Waals surface area contributed by atoms with E-state index in [4.69, 9.17) is 16.3 Å². The maximum atomic E-state index is 13.5. The van der Waals surface area contributed by atoms with Gasteiger partial charge in [-0.25, -0.2) is 9.59 Å². The van der Waals surface area contributed by atoms with Gasteiger partial charge in [-0.15, -0.1) is 0 Å². The highest BCUT2D eigenvalue weighted by molar-refractivity contribution is 6.31. The highest BCUT2D eigenvalue weighted by atomic mass is 35.5. The number of cyclic esters (lactones) is 1. The lowest BCUT2D eigenvalue weighted by atomic mass is 10.00. The first-order valence-electron chi connectivity index (χ1n) is 10.6. The molecule has 10 heteroatoms. The van der Waals surface area contributed by atoms with Crippen LogP contribution in [0.2, 0.25) is 5.02 Å². The van der Waals surface area contributed by atoms with Crippen molar-refractivity contribution >= 4 is 47.0 Å². The third kappa shape index (κ3) is 3.48. The number of halogens is 1. The Morgan fingerprint density at radius 3 is 2.36 bits per heavy atom.